The van der Waals surface area contributed by atoms with Gasteiger partial charge < -0.3 is 14.8 Å². The van der Waals surface area contributed by atoms with Gasteiger partial charge in [-0.15, -0.1) is 0 Å². The highest BCUT2D eigenvalue weighted by molar-refractivity contribution is 6.33. The van der Waals surface area contributed by atoms with Gasteiger partial charge in [0.2, 0.25) is 0 Å². The Labute approximate surface area is 170 Å². The molecular formula is C23H22ClNO3. The normalized spacial score (nSPS) is 10.4. The van der Waals surface area contributed by atoms with E-state index in [9.17, 15) is 4.79 Å². The van der Waals surface area contributed by atoms with Crippen LogP contribution in [0, 0.1) is 6.92 Å². The first-order valence-corrected chi connectivity index (χ1v) is 9.45. The number of ether oxygens (including phenoxy) is 2. The topological polar surface area (TPSA) is 47.6 Å². The van der Waals surface area contributed by atoms with Crippen molar-refractivity contribution in [1.29, 1.82) is 0 Å². The number of carbonyl (C=O) groups is 1. The largest absolute Gasteiger partial charge is 0.493 e. The zero-order chi connectivity index (χ0) is 19.9. The standard InChI is InChI=1S/C23H22ClNO3/c1-3-27-22-13-10-17(23(26)25-21-7-5-4-6-20(21)24)14-18(22)15-28-19-11-8-16(2)9-12-19/h4-14H,3,15H2,1-2H3,(H,25,26). The van der Waals surface area contributed by atoms with Gasteiger partial charge >= 0.3 is 0 Å². The molecule has 0 radical (unpaired) electrons. The second-order valence-corrected chi connectivity index (χ2v) is 6.70. The molecule has 0 atom stereocenters. The van der Waals surface area contributed by atoms with Crippen molar-refractivity contribution in [3.8, 4) is 11.5 Å². The smallest absolute Gasteiger partial charge is 0.255 e. The molecule has 4 nitrogen and oxygen atoms in total. The van der Waals surface area contributed by atoms with E-state index in [1.165, 1.54) is 5.56 Å². The second-order valence-electron chi connectivity index (χ2n) is 6.29. The zero-order valence-corrected chi connectivity index (χ0v) is 16.6. The van der Waals surface area contributed by atoms with Crippen LogP contribution >= 0.6 is 11.6 Å². The van der Waals surface area contributed by atoms with Gasteiger partial charge in [0.25, 0.3) is 5.91 Å². The number of rotatable bonds is 7. The van der Waals surface area contributed by atoms with Gasteiger partial charge in [-0.1, -0.05) is 41.4 Å². The molecule has 0 aliphatic carbocycles. The summed E-state index contributed by atoms with van der Waals surface area (Å²) >= 11 is 6.13. The Balaban J connectivity index is 1.79. The fourth-order valence-electron chi connectivity index (χ4n) is 2.68. The number of hydrogen-bond donors (Lipinski definition) is 1. The molecule has 3 aromatic rings. The molecule has 5 heteroatoms. The van der Waals surface area contributed by atoms with E-state index < -0.39 is 0 Å². The number of para-hydroxylation sites is 1. The summed E-state index contributed by atoms with van der Waals surface area (Å²) < 4.78 is 11.6. The Morgan fingerprint density at radius 3 is 2.46 bits per heavy atom. The molecule has 28 heavy (non-hydrogen) atoms. The Bertz CT molecular complexity index is 954. The SMILES string of the molecule is CCOc1ccc(C(=O)Nc2ccccc2Cl)cc1COc1ccc(C)cc1. The van der Waals surface area contributed by atoms with Crippen molar-refractivity contribution in [3.05, 3.63) is 88.4 Å². The Hall–Kier alpha value is -2.98. The predicted octanol–water partition coefficient (Wildman–Crippen LogP) is 5.88. The van der Waals surface area contributed by atoms with E-state index in [0.29, 0.717) is 35.2 Å². The van der Waals surface area contributed by atoms with Crippen molar-refractivity contribution in [2.24, 2.45) is 0 Å². The average Bonchev–Trinajstić information content (AvgIpc) is 2.70. The summed E-state index contributed by atoms with van der Waals surface area (Å²) in [4.78, 5) is 12.6. The maximum absolute atomic E-state index is 12.6. The van der Waals surface area contributed by atoms with Crippen LogP contribution in [0.4, 0.5) is 5.69 Å². The average molecular weight is 396 g/mol. The van der Waals surface area contributed by atoms with E-state index in [4.69, 9.17) is 21.1 Å². The van der Waals surface area contributed by atoms with Crippen LogP contribution in [0.25, 0.3) is 0 Å². The third-order valence-corrected chi connectivity index (χ3v) is 4.49. The Kier molecular flexibility index (Phi) is 6.56. The van der Waals surface area contributed by atoms with Crippen molar-refractivity contribution in [1.82, 2.24) is 0 Å². The lowest BCUT2D eigenvalue weighted by Gasteiger charge is -2.14. The molecule has 0 saturated carbocycles. The van der Waals surface area contributed by atoms with Crippen LogP contribution in [0.5, 0.6) is 11.5 Å². The first kappa shape index (κ1) is 19.8. The molecule has 0 aliphatic rings. The van der Waals surface area contributed by atoms with Crippen molar-refractivity contribution in [2.45, 2.75) is 20.5 Å². The number of hydrogen-bond acceptors (Lipinski definition) is 3. The summed E-state index contributed by atoms with van der Waals surface area (Å²) in [5, 5.41) is 3.32. The second kappa shape index (κ2) is 9.29. The molecule has 0 bridgehead atoms. The number of anilines is 1. The summed E-state index contributed by atoms with van der Waals surface area (Å²) in [5.74, 6) is 1.22. The molecule has 3 rings (SSSR count). The third-order valence-electron chi connectivity index (χ3n) is 4.16. The quantitative estimate of drug-likeness (QED) is 0.543. The highest BCUT2D eigenvalue weighted by Gasteiger charge is 2.13. The van der Waals surface area contributed by atoms with E-state index in [1.807, 2.05) is 50.2 Å². The van der Waals surface area contributed by atoms with Gasteiger partial charge in [0, 0.05) is 11.1 Å². The predicted molar refractivity (Wildman–Crippen MR) is 113 cm³/mol. The summed E-state index contributed by atoms with van der Waals surface area (Å²) in [7, 11) is 0. The minimum Gasteiger partial charge on any atom is -0.493 e. The molecule has 0 fully saturated rings. The first-order valence-electron chi connectivity index (χ1n) is 9.08. The molecular weight excluding hydrogens is 374 g/mol. The molecule has 0 heterocycles. The Morgan fingerprint density at radius 2 is 1.75 bits per heavy atom. The van der Waals surface area contributed by atoms with E-state index in [2.05, 4.69) is 5.32 Å². The highest BCUT2D eigenvalue weighted by atomic mass is 35.5. The van der Waals surface area contributed by atoms with Crippen LogP contribution in [0.1, 0.15) is 28.4 Å². The third kappa shape index (κ3) is 5.05. The summed E-state index contributed by atoms with van der Waals surface area (Å²) in [6, 6.07) is 20.3. The first-order chi connectivity index (χ1) is 13.6. The maximum Gasteiger partial charge on any atom is 0.255 e. The highest BCUT2D eigenvalue weighted by Crippen LogP contribution is 2.25. The maximum atomic E-state index is 12.6. The molecule has 1 amide bonds. The van der Waals surface area contributed by atoms with E-state index >= 15 is 0 Å². The molecule has 144 valence electrons. The van der Waals surface area contributed by atoms with Crippen LogP contribution < -0.4 is 14.8 Å². The van der Waals surface area contributed by atoms with E-state index in [1.54, 1.807) is 30.3 Å². The van der Waals surface area contributed by atoms with Crippen LogP contribution in [0.15, 0.2) is 66.7 Å². The molecule has 0 aliphatic heterocycles. The van der Waals surface area contributed by atoms with E-state index in [-0.39, 0.29) is 5.91 Å². The lowest BCUT2D eigenvalue weighted by Crippen LogP contribution is -2.13. The summed E-state index contributed by atoms with van der Waals surface area (Å²) in [5.41, 5.74) is 3.04. The van der Waals surface area contributed by atoms with Crippen LogP contribution in [0.2, 0.25) is 5.02 Å². The fourth-order valence-corrected chi connectivity index (χ4v) is 2.87. The molecule has 3 aromatic carbocycles. The lowest BCUT2D eigenvalue weighted by molar-refractivity contribution is 0.102. The Morgan fingerprint density at radius 1 is 1.00 bits per heavy atom. The van der Waals surface area contributed by atoms with Crippen LogP contribution in [-0.2, 0) is 6.61 Å². The van der Waals surface area contributed by atoms with Gasteiger partial charge in [0.05, 0.1) is 17.3 Å². The molecule has 0 spiro atoms. The van der Waals surface area contributed by atoms with Crippen LogP contribution in [-0.4, -0.2) is 12.5 Å². The molecule has 0 aromatic heterocycles. The number of carbonyl (C=O) groups excluding carboxylic acids is 1. The lowest BCUT2D eigenvalue weighted by atomic mass is 10.1. The monoisotopic (exact) mass is 395 g/mol. The van der Waals surface area contributed by atoms with Gasteiger partial charge in [0.1, 0.15) is 18.1 Å². The van der Waals surface area contributed by atoms with Gasteiger partial charge in [-0.3, -0.25) is 4.79 Å². The van der Waals surface area contributed by atoms with Crippen LogP contribution in [0.3, 0.4) is 0 Å². The molecule has 0 saturated heterocycles. The molecule has 0 unspecified atom stereocenters. The zero-order valence-electron chi connectivity index (χ0n) is 15.9. The van der Waals surface area contributed by atoms with E-state index in [0.717, 1.165) is 11.3 Å². The summed E-state index contributed by atoms with van der Waals surface area (Å²) in [6.45, 7) is 4.77. The van der Waals surface area contributed by atoms with Gasteiger partial charge in [-0.05, 0) is 56.3 Å². The van der Waals surface area contributed by atoms with Gasteiger partial charge in [-0.25, -0.2) is 0 Å². The summed E-state index contributed by atoms with van der Waals surface area (Å²) in [6.07, 6.45) is 0. The number of amides is 1. The number of nitrogens with one attached hydrogen (secondary N) is 1. The van der Waals surface area contributed by atoms with Crippen molar-refractivity contribution in [2.75, 3.05) is 11.9 Å². The van der Waals surface area contributed by atoms with Crippen molar-refractivity contribution >= 4 is 23.2 Å². The number of benzene rings is 3. The van der Waals surface area contributed by atoms with Crippen molar-refractivity contribution in [3.63, 3.8) is 0 Å². The molecule has 1 N–H and O–H groups in total. The minimum absolute atomic E-state index is 0.243. The fraction of sp³-hybridized carbons (Fsp3) is 0.174. The van der Waals surface area contributed by atoms with Crippen molar-refractivity contribution < 1.29 is 14.3 Å². The van der Waals surface area contributed by atoms with Gasteiger partial charge in [0.15, 0.2) is 0 Å². The number of aryl methyl sites for hydroxylation is 1. The number of halogens is 1. The van der Waals surface area contributed by atoms with Gasteiger partial charge in [-0.2, -0.15) is 0 Å². The minimum atomic E-state index is -0.243.